The van der Waals surface area contributed by atoms with Gasteiger partial charge < -0.3 is 30.8 Å². The minimum Gasteiger partial charge on any atom is -0.494 e. The number of fused-ring (bicyclic) bond motifs is 2. The number of nitrogens with two attached hydrogens (primary N) is 2. The van der Waals surface area contributed by atoms with Crippen molar-refractivity contribution >= 4 is 11.9 Å². The quantitative estimate of drug-likeness (QED) is 0.478. The van der Waals surface area contributed by atoms with Crippen molar-refractivity contribution in [3.8, 4) is 11.5 Å². The van der Waals surface area contributed by atoms with Crippen LogP contribution >= 0.6 is 0 Å². The lowest BCUT2D eigenvalue weighted by molar-refractivity contribution is -0.151. The molecule has 5 atom stereocenters. The second-order valence-electron chi connectivity index (χ2n) is 8.89. The smallest absolute Gasteiger partial charge is 0.307 e. The van der Waals surface area contributed by atoms with Crippen molar-refractivity contribution in [1.29, 1.82) is 0 Å². The molecule has 0 amide bonds. The Bertz CT molecular complexity index is 1070. The van der Waals surface area contributed by atoms with Crippen LogP contribution in [0.4, 0.5) is 0 Å². The van der Waals surface area contributed by atoms with E-state index in [1.165, 1.54) is 0 Å². The van der Waals surface area contributed by atoms with Crippen molar-refractivity contribution in [2.75, 3.05) is 13.2 Å². The Morgan fingerprint density at radius 3 is 2.21 bits per heavy atom. The van der Waals surface area contributed by atoms with Gasteiger partial charge in [0.25, 0.3) is 0 Å². The van der Waals surface area contributed by atoms with Gasteiger partial charge in [0, 0.05) is 17.9 Å². The van der Waals surface area contributed by atoms with Crippen LogP contribution in [0.15, 0.2) is 36.4 Å². The molecule has 5 unspecified atom stereocenters. The zero-order valence-corrected chi connectivity index (χ0v) is 19.5. The molecule has 4 rings (SSSR count). The number of hydrogen-bond donors (Lipinski definition) is 3. The highest BCUT2D eigenvalue weighted by atomic mass is 16.5. The van der Waals surface area contributed by atoms with E-state index in [9.17, 15) is 14.7 Å². The van der Waals surface area contributed by atoms with Crippen LogP contribution < -0.4 is 20.9 Å². The average Bonchev–Trinajstić information content (AvgIpc) is 3.22. The van der Waals surface area contributed by atoms with Crippen LogP contribution in [0.2, 0.25) is 0 Å². The normalized spacial score (nSPS) is 24.9. The maximum absolute atomic E-state index is 13.0. The van der Waals surface area contributed by atoms with E-state index in [0.29, 0.717) is 25.4 Å². The monoisotopic (exact) mass is 468 g/mol. The first-order valence-corrected chi connectivity index (χ1v) is 11.8. The van der Waals surface area contributed by atoms with Gasteiger partial charge in [0.05, 0.1) is 32.1 Å². The van der Waals surface area contributed by atoms with Gasteiger partial charge in [-0.15, -0.1) is 0 Å². The van der Waals surface area contributed by atoms with Gasteiger partial charge in [-0.05, 0) is 66.8 Å². The highest BCUT2D eigenvalue weighted by molar-refractivity contribution is 5.73. The molecule has 0 heterocycles. The number of carbonyl (C=O) groups is 2. The number of carboxylic acid groups (broad SMARTS) is 1. The zero-order valence-electron chi connectivity index (χ0n) is 19.5. The molecule has 2 aromatic carbocycles. The molecule has 0 aliphatic heterocycles. The fourth-order valence-electron chi connectivity index (χ4n) is 5.23. The second kappa shape index (κ2) is 10.0. The number of carboxylic acids is 1. The summed E-state index contributed by atoms with van der Waals surface area (Å²) in [5.74, 6) is -0.571. The third-order valence-corrected chi connectivity index (χ3v) is 6.73. The molecule has 0 saturated heterocycles. The number of aliphatic carboxylic acids is 1. The van der Waals surface area contributed by atoms with Crippen molar-refractivity contribution in [3.63, 3.8) is 0 Å². The third-order valence-electron chi connectivity index (χ3n) is 6.73. The van der Waals surface area contributed by atoms with E-state index in [1.54, 1.807) is 12.1 Å². The van der Waals surface area contributed by atoms with Crippen LogP contribution in [-0.4, -0.2) is 42.3 Å². The summed E-state index contributed by atoms with van der Waals surface area (Å²) in [5, 5.41) is 9.41. The SMILES string of the molecule is CCOc1ccc2c(c1)CC(N)C2CC(=O)OC1c2ccc(OCC)cc2C(CC(=O)O)C1N. The first-order chi connectivity index (χ1) is 16.3. The fraction of sp³-hybridized carbons (Fsp3) is 0.462. The van der Waals surface area contributed by atoms with Crippen LogP contribution in [0, 0.1) is 0 Å². The van der Waals surface area contributed by atoms with Gasteiger partial charge in [-0.3, -0.25) is 9.59 Å². The minimum absolute atomic E-state index is 0.126. The molecule has 34 heavy (non-hydrogen) atoms. The molecule has 0 aromatic heterocycles. The zero-order chi connectivity index (χ0) is 24.4. The summed E-state index contributed by atoms with van der Waals surface area (Å²) in [5.41, 5.74) is 16.4. The topological polar surface area (TPSA) is 134 Å². The highest BCUT2D eigenvalue weighted by Crippen LogP contribution is 2.45. The van der Waals surface area contributed by atoms with Crippen LogP contribution in [0.3, 0.4) is 0 Å². The summed E-state index contributed by atoms with van der Waals surface area (Å²) in [4.78, 5) is 24.5. The number of benzene rings is 2. The van der Waals surface area contributed by atoms with Crippen LogP contribution in [-0.2, 0) is 20.7 Å². The van der Waals surface area contributed by atoms with Crippen molar-refractivity contribution in [2.45, 2.75) is 63.1 Å². The van der Waals surface area contributed by atoms with E-state index in [2.05, 4.69) is 0 Å². The molecule has 2 aliphatic rings. The summed E-state index contributed by atoms with van der Waals surface area (Å²) in [7, 11) is 0. The summed E-state index contributed by atoms with van der Waals surface area (Å²) < 4.78 is 17.0. The third kappa shape index (κ3) is 4.74. The first-order valence-electron chi connectivity index (χ1n) is 11.8. The van der Waals surface area contributed by atoms with Crippen LogP contribution in [0.25, 0.3) is 0 Å². The predicted octanol–water partition coefficient (Wildman–Crippen LogP) is 3.02. The molecular weight excluding hydrogens is 436 g/mol. The van der Waals surface area contributed by atoms with Gasteiger partial charge in [0.15, 0.2) is 0 Å². The molecule has 2 aliphatic carbocycles. The molecule has 8 heteroatoms. The van der Waals surface area contributed by atoms with Crippen molar-refractivity contribution in [3.05, 3.63) is 58.7 Å². The first kappa shape index (κ1) is 24.0. The molecule has 2 aromatic rings. The molecule has 5 N–H and O–H groups in total. The second-order valence-corrected chi connectivity index (χ2v) is 8.89. The lowest BCUT2D eigenvalue weighted by atomic mass is 9.94. The van der Waals surface area contributed by atoms with E-state index in [4.69, 9.17) is 25.7 Å². The summed E-state index contributed by atoms with van der Waals surface area (Å²) >= 11 is 0. The van der Waals surface area contributed by atoms with E-state index < -0.39 is 30.0 Å². The number of hydrogen-bond acceptors (Lipinski definition) is 7. The van der Waals surface area contributed by atoms with Crippen LogP contribution in [0.1, 0.15) is 66.9 Å². The van der Waals surface area contributed by atoms with Gasteiger partial charge >= 0.3 is 11.9 Å². The number of ether oxygens (including phenoxy) is 3. The molecule has 182 valence electrons. The summed E-state index contributed by atoms with van der Waals surface area (Å²) in [6.45, 7) is 4.88. The maximum Gasteiger partial charge on any atom is 0.307 e. The largest absolute Gasteiger partial charge is 0.494 e. The Kier molecular flexibility index (Phi) is 7.09. The van der Waals surface area contributed by atoms with E-state index >= 15 is 0 Å². The summed E-state index contributed by atoms with van der Waals surface area (Å²) in [6.07, 6.45) is -0.0804. The van der Waals surface area contributed by atoms with Crippen LogP contribution in [0.5, 0.6) is 11.5 Å². The maximum atomic E-state index is 13.0. The Labute approximate surface area is 199 Å². The van der Waals surface area contributed by atoms with Gasteiger partial charge in [-0.1, -0.05) is 12.1 Å². The molecule has 0 saturated carbocycles. The standard InChI is InChI=1S/C26H32N2O6/c1-3-32-15-5-7-17-14(9-15)10-22(27)20(17)13-24(31)34-26-18-8-6-16(33-4-2)11-19(18)21(25(26)28)12-23(29)30/h5-9,11,20-22,25-26H,3-4,10,12-13,27-28H2,1-2H3,(H,29,30). The van der Waals surface area contributed by atoms with E-state index in [-0.39, 0.29) is 24.8 Å². The van der Waals surface area contributed by atoms with E-state index in [0.717, 1.165) is 28.0 Å². The van der Waals surface area contributed by atoms with Crippen molar-refractivity contribution < 1.29 is 28.9 Å². The molecule has 0 radical (unpaired) electrons. The van der Waals surface area contributed by atoms with Gasteiger partial charge in [0.1, 0.15) is 17.6 Å². The van der Waals surface area contributed by atoms with Gasteiger partial charge in [-0.25, -0.2) is 0 Å². The average molecular weight is 469 g/mol. The van der Waals surface area contributed by atoms with Gasteiger partial charge in [-0.2, -0.15) is 0 Å². The van der Waals surface area contributed by atoms with Crippen molar-refractivity contribution in [1.82, 2.24) is 0 Å². The Morgan fingerprint density at radius 2 is 1.56 bits per heavy atom. The Hall–Kier alpha value is -3.10. The predicted molar refractivity (Wildman–Crippen MR) is 126 cm³/mol. The van der Waals surface area contributed by atoms with Gasteiger partial charge in [0.2, 0.25) is 0 Å². The van der Waals surface area contributed by atoms with E-state index in [1.807, 2.05) is 38.1 Å². The molecule has 8 nitrogen and oxygen atoms in total. The lowest BCUT2D eigenvalue weighted by Gasteiger charge is -2.22. The lowest BCUT2D eigenvalue weighted by Crippen LogP contribution is -2.33. The summed E-state index contributed by atoms with van der Waals surface area (Å²) in [6, 6.07) is 10.4. The Balaban J connectivity index is 1.52. The molecule has 0 bridgehead atoms. The van der Waals surface area contributed by atoms with Crippen molar-refractivity contribution in [2.24, 2.45) is 11.5 Å². The fourth-order valence-corrected chi connectivity index (χ4v) is 5.23. The number of carbonyl (C=O) groups excluding carboxylic acids is 1. The number of rotatable bonds is 9. The molecule has 0 fully saturated rings. The highest BCUT2D eigenvalue weighted by Gasteiger charge is 2.43. The number of esters is 1. The Morgan fingerprint density at radius 1 is 0.912 bits per heavy atom. The minimum atomic E-state index is -0.958. The molecule has 0 spiro atoms. The molecular formula is C26H32N2O6.